The third kappa shape index (κ3) is 42.8. The minimum Gasteiger partial charge on any atom is -0.394 e. The fourth-order valence-corrected chi connectivity index (χ4v) is 6.83. The summed E-state index contributed by atoms with van der Waals surface area (Å²) in [5.74, 6) is -0.0758. The molecule has 2 atom stereocenters. The molecule has 318 valence electrons. The molecule has 0 aliphatic heterocycles. The van der Waals surface area contributed by atoms with Crippen LogP contribution in [0.25, 0.3) is 0 Å². The number of hydrogen-bond acceptors (Lipinski definition) is 3. The molecule has 0 rings (SSSR count). The second-order valence-electron chi connectivity index (χ2n) is 15.8. The van der Waals surface area contributed by atoms with Gasteiger partial charge in [0.25, 0.3) is 0 Å². The van der Waals surface area contributed by atoms with E-state index in [1.165, 1.54) is 148 Å². The van der Waals surface area contributed by atoms with Crippen LogP contribution in [0.15, 0.2) is 72.9 Å². The van der Waals surface area contributed by atoms with Crippen LogP contribution in [0.5, 0.6) is 0 Å². The largest absolute Gasteiger partial charge is 0.394 e. The van der Waals surface area contributed by atoms with Crippen molar-refractivity contribution < 1.29 is 15.0 Å². The maximum absolute atomic E-state index is 12.4. The minimum atomic E-state index is -0.863. The summed E-state index contributed by atoms with van der Waals surface area (Å²) in [6, 6.07) is -0.640. The molecule has 2 unspecified atom stereocenters. The molecule has 55 heavy (non-hydrogen) atoms. The fourth-order valence-electron chi connectivity index (χ4n) is 6.83. The lowest BCUT2D eigenvalue weighted by molar-refractivity contribution is -0.123. The van der Waals surface area contributed by atoms with Crippen LogP contribution in [0.1, 0.15) is 226 Å². The van der Waals surface area contributed by atoms with Gasteiger partial charge in [-0.15, -0.1) is 0 Å². The molecule has 0 aromatic rings. The van der Waals surface area contributed by atoms with Crippen LogP contribution in [-0.4, -0.2) is 34.9 Å². The molecule has 1 amide bonds. The molecule has 0 fully saturated rings. The van der Waals surface area contributed by atoms with Gasteiger partial charge in [0.2, 0.25) is 5.91 Å². The second-order valence-corrected chi connectivity index (χ2v) is 15.8. The number of aliphatic hydroxyl groups is 2. The molecular weight excluding hydrogens is 675 g/mol. The SMILES string of the molecule is CC/C=C\C/C=C\C/C=C\C/C=C\CCCCCCCCCCCCCCCCCCC(=O)NC(CO)C(O)/C=C/CC/C=C/CCCCCCCCCC. The van der Waals surface area contributed by atoms with Crippen LogP contribution in [0.4, 0.5) is 0 Å². The van der Waals surface area contributed by atoms with Gasteiger partial charge in [-0.25, -0.2) is 0 Å². The Bertz CT molecular complexity index is 961. The van der Waals surface area contributed by atoms with Crippen LogP contribution >= 0.6 is 0 Å². The Morgan fingerprint density at radius 3 is 1.27 bits per heavy atom. The first kappa shape index (κ1) is 52.8. The molecule has 0 radical (unpaired) electrons. The molecule has 0 heterocycles. The van der Waals surface area contributed by atoms with Crippen molar-refractivity contribution in [1.82, 2.24) is 5.32 Å². The number of carbonyl (C=O) groups is 1. The third-order valence-electron chi connectivity index (χ3n) is 10.4. The molecule has 0 aromatic heterocycles. The number of aliphatic hydroxyl groups excluding tert-OH is 2. The van der Waals surface area contributed by atoms with Crippen LogP contribution in [0, 0.1) is 0 Å². The van der Waals surface area contributed by atoms with E-state index in [0.29, 0.717) is 6.42 Å². The highest BCUT2D eigenvalue weighted by molar-refractivity contribution is 5.76. The third-order valence-corrected chi connectivity index (χ3v) is 10.4. The van der Waals surface area contributed by atoms with E-state index >= 15 is 0 Å². The van der Waals surface area contributed by atoms with Crippen molar-refractivity contribution in [3.8, 4) is 0 Å². The highest BCUT2D eigenvalue weighted by Gasteiger charge is 2.17. The number of rotatable bonds is 42. The number of hydrogen-bond donors (Lipinski definition) is 3. The number of nitrogens with one attached hydrogen (secondary N) is 1. The summed E-state index contributed by atoms with van der Waals surface area (Å²) in [4.78, 5) is 12.4. The molecule has 0 aliphatic rings. The lowest BCUT2D eigenvalue weighted by Gasteiger charge is -2.19. The van der Waals surface area contributed by atoms with Gasteiger partial charge in [0, 0.05) is 6.42 Å². The van der Waals surface area contributed by atoms with E-state index in [-0.39, 0.29) is 12.5 Å². The van der Waals surface area contributed by atoms with E-state index in [9.17, 15) is 15.0 Å². The van der Waals surface area contributed by atoms with Crippen molar-refractivity contribution in [2.24, 2.45) is 0 Å². The molecule has 4 heteroatoms. The fraction of sp³-hybridized carbons (Fsp3) is 0.745. The predicted molar refractivity (Wildman–Crippen MR) is 244 cm³/mol. The van der Waals surface area contributed by atoms with Gasteiger partial charge in [0.1, 0.15) is 0 Å². The summed E-state index contributed by atoms with van der Waals surface area (Å²) in [6.45, 7) is 4.18. The molecule has 0 aromatic carbocycles. The van der Waals surface area contributed by atoms with Gasteiger partial charge in [0.15, 0.2) is 0 Å². The van der Waals surface area contributed by atoms with Gasteiger partial charge in [-0.1, -0.05) is 222 Å². The van der Waals surface area contributed by atoms with E-state index < -0.39 is 12.1 Å². The molecule has 4 nitrogen and oxygen atoms in total. The Kier molecular flexibility index (Phi) is 44.4. The van der Waals surface area contributed by atoms with E-state index in [2.05, 4.69) is 79.9 Å². The van der Waals surface area contributed by atoms with Crippen LogP contribution < -0.4 is 5.32 Å². The average Bonchev–Trinajstić information content (AvgIpc) is 3.19. The van der Waals surface area contributed by atoms with E-state index in [0.717, 1.165) is 57.8 Å². The van der Waals surface area contributed by atoms with Gasteiger partial charge >= 0.3 is 0 Å². The van der Waals surface area contributed by atoms with Crippen molar-refractivity contribution in [1.29, 1.82) is 0 Å². The minimum absolute atomic E-state index is 0.0758. The van der Waals surface area contributed by atoms with Gasteiger partial charge < -0.3 is 15.5 Å². The molecule has 0 saturated carbocycles. The molecular formula is C51H91NO3. The number of unbranched alkanes of at least 4 members (excludes halogenated alkanes) is 25. The zero-order chi connectivity index (χ0) is 40.0. The summed E-state index contributed by atoms with van der Waals surface area (Å²) in [5, 5.41) is 23.0. The van der Waals surface area contributed by atoms with E-state index in [1.807, 2.05) is 6.08 Å². The smallest absolute Gasteiger partial charge is 0.220 e. The Morgan fingerprint density at radius 1 is 0.455 bits per heavy atom. The summed E-state index contributed by atoms with van der Waals surface area (Å²) in [6.07, 6.45) is 66.0. The van der Waals surface area contributed by atoms with Gasteiger partial charge in [-0.3, -0.25) is 4.79 Å². The lowest BCUT2D eigenvalue weighted by atomic mass is 10.0. The van der Waals surface area contributed by atoms with Crippen LogP contribution in [0.3, 0.4) is 0 Å². The monoisotopic (exact) mass is 766 g/mol. The normalized spacial score (nSPS) is 13.6. The van der Waals surface area contributed by atoms with Crippen LogP contribution in [0.2, 0.25) is 0 Å². The zero-order valence-corrected chi connectivity index (χ0v) is 36.4. The average molecular weight is 766 g/mol. The second kappa shape index (κ2) is 46.2. The Morgan fingerprint density at radius 2 is 0.818 bits per heavy atom. The van der Waals surface area contributed by atoms with Gasteiger partial charge in [-0.05, 0) is 70.6 Å². The van der Waals surface area contributed by atoms with Crippen molar-refractivity contribution >= 4 is 5.91 Å². The summed E-state index contributed by atoms with van der Waals surface area (Å²) < 4.78 is 0. The first-order valence-electron chi connectivity index (χ1n) is 23.7. The summed E-state index contributed by atoms with van der Waals surface area (Å²) in [5.41, 5.74) is 0. The predicted octanol–water partition coefficient (Wildman–Crippen LogP) is 15.1. The highest BCUT2D eigenvalue weighted by atomic mass is 16.3. The molecule has 0 saturated heterocycles. The number of allylic oxidation sites excluding steroid dienone is 11. The topological polar surface area (TPSA) is 69.6 Å². The highest BCUT2D eigenvalue weighted by Crippen LogP contribution is 2.15. The van der Waals surface area contributed by atoms with Crippen LogP contribution in [-0.2, 0) is 4.79 Å². The van der Waals surface area contributed by atoms with Crippen molar-refractivity contribution in [2.45, 2.75) is 238 Å². The quantitative estimate of drug-likeness (QED) is 0.0428. The van der Waals surface area contributed by atoms with Crippen molar-refractivity contribution in [2.75, 3.05) is 6.61 Å². The van der Waals surface area contributed by atoms with Crippen molar-refractivity contribution in [3.63, 3.8) is 0 Å². The lowest BCUT2D eigenvalue weighted by Crippen LogP contribution is -2.45. The molecule has 0 spiro atoms. The van der Waals surface area contributed by atoms with E-state index in [1.54, 1.807) is 6.08 Å². The zero-order valence-electron chi connectivity index (χ0n) is 36.4. The standard InChI is InChI=1S/C51H91NO3/c1-3-5-7-9-11-13-15-17-19-20-21-22-23-24-25-26-27-28-29-30-31-32-33-35-37-39-41-43-45-47-51(55)52-49(48-53)50(54)46-44-42-40-38-36-34-18-16-14-12-10-8-6-4-2/h5,7,11,13,17,19,21-22,36,38,44,46,49-50,53-54H,3-4,6,8-10,12,14-16,18,20,23-35,37,39-43,45,47-48H2,1-2H3,(H,52,55)/b7-5-,13-11-,19-17-,22-21-,38-36+,46-44+. The Balaban J connectivity index is 3.53. The number of carbonyl (C=O) groups excluding carboxylic acids is 1. The number of amides is 1. The molecule has 3 N–H and O–H groups in total. The van der Waals surface area contributed by atoms with Gasteiger partial charge in [-0.2, -0.15) is 0 Å². The maximum atomic E-state index is 12.4. The molecule has 0 aliphatic carbocycles. The Labute approximate surface area is 342 Å². The van der Waals surface area contributed by atoms with Gasteiger partial charge in [0.05, 0.1) is 18.8 Å². The van der Waals surface area contributed by atoms with E-state index in [4.69, 9.17) is 0 Å². The summed E-state index contributed by atoms with van der Waals surface area (Å²) in [7, 11) is 0. The van der Waals surface area contributed by atoms with Crippen molar-refractivity contribution in [3.05, 3.63) is 72.9 Å². The molecule has 0 bridgehead atoms. The summed E-state index contributed by atoms with van der Waals surface area (Å²) >= 11 is 0. The first-order valence-corrected chi connectivity index (χ1v) is 23.7. The Hall–Kier alpha value is -2.17. The maximum Gasteiger partial charge on any atom is 0.220 e. The first-order chi connectivity index (χ1) is 27.2.